The van der Waals surface area contributed by atoms with Gasteiger partial charge in [0.2, 0.25) is 0 Å². The fourth-order valence-electron chi connectivity index (χ4n) is 2.30. The van der Waals surface area contributed by atoms with Gasteiger partial charge in [0, 0.05) is 6.04 Å². The molecule has 0 bridgehead atoms. The Kier molecular flexibility index (Phi) is 4.54. The molecule has 0 amide bonds. The van der Waals surface area contributed by atoms with E-state index in [1.165, 1.54) is 16.7 Å². The molecule has 1 N–H and O–H groups in total. The molecule has 0 fully saturated rings. The predicted molar refractivity (Wildman–Crippen MR) is 77.9 cm³/mol. The number of likely N-dealkylation sites (N-methyl/N-ethyl adjacent to an activating group) is 1. The number of hydrogen-bond acceptors (Lipinski definition) is 1. The summed E-state index contributed by atoms with van der Waals surface area (Å²) in [6.45, 7) is 2.15. The number of aryl methyl sites for hydroxylation is 1. The van der Waals surface area contributed by atoms with Crippen molar-refractivity contribution in [2.45, 2.75) is 25.8 Å². The number of benzene rings is 2. The van der Waals surface area contributed by atoms with Gasteiger partial charge < -0.3 is 5.32 Å². The molecule has 0 aromatic heterocycles. The molecule has 0 aliphatic carbocycles. The second kappa shape index (κ2) is 6.36. The summed E-state index contributed by atoms with van der Waals surface area (Å²) in [6.07, 6.45) is 2.15. The Morgan fingerprint density at radius 3 is 2.22 bits per heavy atom. The van der Waals surface area contributed by atoms with Crippen LogP contribution in [0.3, 0.4) is 0 Å². The van der Waals surface area contributed by atoms with Crippen molar-refractivity contribution in [1.82, 2.24) is 5.32 Å². The van der Waals surface area contributed by atoms with Crippen LogP contribution in [0.4, 0.5) is 0 Å². The summed E-state index contributed by atoms with van der Waals surface area (Å²) in [5.74, 6) is 0. The lowest BCUT2D eigenvalue weighted by Crippen LogP contribution is -2.29. The molecule has 2 rings (SSSR count). The fraction of sp³-hybridized carbons (Fsp3) is 0.294. The summed E-state index contributed by atoms with van der Waals surface area (Å²) in [6, 6.07) is 19.9. The van der Waals surface area contributed by atoms with Crippen LogP contribution in [0.1, 0.15) is 16.7 Å². The van der Waals surface area contributed by atoms with Crippen LogP contribution in [0.2, 0.25) is 0 Å². The molecule has 1 atom stereocenters. The molecule has 2 aromatic carbocycles. The Labute approximate surface area is 110 Å². The lowest BCUT2D eigenvalue weighted by Gasteiger charge is -2.16. The highest BCUT2D eigenvalue weighted by Gasteiger charge is 2.08. The Bertz CT molecular complexity index is 476. The molecule has 94 valence electrons. The maximum absolute atomic E-state index is 3.42. The van der Waals surface area contributed by atoms with Gasteiger partial charge in [-0.05, 0) is 37.9 Å². The first-order chi connectivity index (χ1) is 8.78. The minimum absolute atomic E-state index is 0.495. The first-order valence-corrected chi connectivity index (χ1v) is 6.54. The Morgan fingerprint density at radius 1 is 0.889 bits per heavy atom. The number of nitrogens with one attached hydrogen (secondary N) is 1. The standard InChI is InChI=1S/C17H21N/c1-14-7-6-10-16(11-14)13-17(18-2)12-15-8-4-3-5-9-15/h3-11,17-18H,12-13H2,1-2H3. The van der Waals surface area contributed by atoms with Crippen LogP contribution in [0, 0.1) is 6.92 Å². The SMILES string of the molecule is CNC(Cc1ccccc1)Cc1cccc(C)c1. The van der Waals surface area contributed by atoms with Crippen LogP contribution in [0.25, 0.3) is 0 Å². The lowest BCUT2D eigenvalue weighted by atomic mass is 9.98. The Hall–Kier alpha value is -1.60. The third-order valence-corrected chi connectivity index (χ3v) is 3.30. The molecule has 2 aromatic rings. The predicted octanol–water partition coefficient (Wildman–Crippen LogP) is 3.37. The number of hydrogen-bond donors (Lipinski definition) is 1. The Morgan fingerprint density at radius 2 is 1.56 bits per heavy atom. The average molecular weight is 239 g/mol. The van der Waals surface area contributed by atoms with Crippen LogP contribution in [0.5, 0.6) is 0 Å². The quantitative estimate of drug-likeness (QED) is 0.843. The van der Waals surface area contributed by atoms with Crippen molar-refractivity contribution in [3.8, 4) is 0 Å². The summed E-state index contributed by atoms with van der Waals surface area (Å²) in [7, 11) is 2.05. The van der Waals surface area contributed by atoms with Gasteiger partial charge in [0.1, 0.15) is 0 Å². The zero-order valence-electron chi connectivity index (χ0n) is 11.2. The molecule has 1 heteroatoms. The van der Waals surface area contributed by atoms with Gasteiger partial charge in [-0.2, -0.15) is 0 Å². The second-order valence-corrected chi connectivity index (χ2v) is 4.87. The van der Waals surface area contributed by atoms with Crippen LogP contribution < -0.4 is 5.32 Å². The molecule has 0 heterocycles. The highest BCUT2D eigenvalue weighted by molar-refractivity contribution is 5.24. The zero-order valence-corrected chi connectivity index (χ0v) is 11.2. The molecule has 0 saturated heterocycles. The van der Waals surface area contributed by atoms with Gasteiger partial charge in [-0.25, -0.2) is 0 Å². The first kappa shape index (κ1) is 12.8. The second-order valence-electron chi connectivity index (χ2n) is 4.87. The van der Waals surface area contributed by atoms with Gasteiger partial charge in [0.15, 0.2) is 0 Å². The molecular formula is C17H21N. The van der Waals surface area contributed by atoms with Crippen molar-refractivity contribution >= 4 is 0 Å². The van der Waals surface area contributed by atoms with Crippen molar-refractivity contribution in [2.75, 3.05) is 7.05 Å². The van der Waals surface area contributed by atoms with Crippen LogP contribution >= 0.6 is 0 Å². The normalized spacial score (nSPS) is 12.3. The monoisotopic (exact) mass is 239 g/mol. The molecule has 0 aliphatic rings. The van der Waals surface area contributed by atoms with Gasteiger partial charge in [-0.15, -0.1) is 0 Å². The molecule has 18 heavy (non-hydrogen) atoms. The van der Waals surface area contributed by atoms with E-state index >= 15 is 0 Å². The van der Waals surface area contributed by atoms with E-state index in [1.807, 2.05) is 7.05 Å². The molecular weight excluding hydrogens is 218 g/mol. The van der Waals surface area contributed by atoms with Crippen LogP contribution in [-0.4, -0.2) is 13.1 Å². The smallest absolute Gasteiger partial charge is 0.0145 e. The summed E-state index contributed by atoms with van der Waals surface area (Å²) in [5.41, 5.74) is 4.14. The van der Waals surface area contributed by atoms with Gasteiger partial charge in [0.25, 0.3) is 0 Å². The van der Waals surface area contributed by atoms with Gasteiger partial charge in [0.05, 0.1) is 0 Å². The number of rotatable bonds is 5. The van der Waals surface area contributed by atoms with Crippen molar-refractivity contribution in [3.05, 3.63) is 71.3 Å². The van der Waals surface area contributed by atoms with Crippen LogP contribution in [0.15, 0.2) is 54.6 Å². The molecule has 1 nitrogen and oxygen atoms in total. The first-order valence-electron chi connectivity index (χ1n) is 6.54. The van der Waals surface area contributed by atoms with E-state index in [1.54, 1.807) is 0 Å². The molecule has 1 unspecified atom stereocenters. The molecule has 0 saturated carbocycles. The summed E-state index contributed by atoms with van der Waals surface area (Å²) in [5, 5.41) is 3.42. The topological polar surface area (TPSA) is 12.0 Å². The fourth-order valence-corrected chi connectivity index (χ4v) is 2.30. The van der Waals surface area contributed by atoms with Gasteiger partial charge in [-0.1, -0.05) is 60.2 Å². The third-order valence-electron chi connectivity index (χ3n) is 3.30. The Balaban J connectivity index is 2.01. The van der Waals surface area contributed by atoms with Crippen molar-refractivity contribution in [3.63, 3.8) is 0 Å². The summed E-state index contributed by atoms with van der Waals surface area (Å²) >= 11 is 0. The van der Waals surface area contributed by atoms with Gasteiger partial charge in [-0.3, -0.25) is 0 Å². The van der Waals surface area contributed by atoms with E-state index in [-0.39, 0.29) is 0 Å². The largest absolute Gasteiger partial charge is 0.316 e. The zero-order chi connectivity index (χ0) is 12.8. The highest BCUT2D eigenvalue weighted by Crippen LogP contribution is 2.10. The maximum atomic E-state index is 3.42. The highest BCUT2D eigenvalue weighted by atomic mass is 14.9. The minimum atomic E-state index is 0.495. The summed E-state index contributed by atoms with van der Waals surface area (Å²) in [4.78, 5) is 0. The molecule has 0 radical (unpaired) electrons. The van der Waals surface area contributed by atoms with E-state index in [0.717, 1.165) is 12.8 Å². The van der Waals surface area contributed by atoms with Gasteiger partial charge >= 0.3 is 0 Å². The van der Waals surface area contributed by atoms with Crippen molar-refractivity contribution in [1.29, 1.82) is 0 Å². The lowest BCUT2D eigenvalue weighted by molar-refractivity contribution is 0.556. The average Bonchev–Trinajstić information content (AvgIpc) is 2.39. The van der Waals surface area contributed by atoms with Crippen molar-refractivity contribution in [2.24, 2.45) is 0 Å². The van der Waals surface area contributed by atoms with Crippen LogP contribution in [-0.2, 0) is 12.8 Å². The minimum Gasteiger partial charge on any atom is -0.316 e. The summed E-state index contributed by atoms with van der Waals surface area (Å²) < 4.78 is 0. The van der Waals surface area contributed by atoms with E-state index in [0.29, 0.717) is 6.04 Å². The third kappa shape index (κ3) is 3.71. The van der Waals surface area contributed by atoms with Crippen molar-refractivity contribution < 1.29 is 0 Å². The molecule has 0 spiro atoms. The van der Waals surface area contributed by atoms with E-state index < -0.39 is 0 Å². The van der Waals surface area contributed by atoms with E-state index in [2.05, 4.69) is 66.8 Å². The van der Waals surface area contributed by atoms with E-state index in [9.17, 15) is 0 Å². The van der Waals surface area contributed by atoms with E-state index in [4.69, 9.17) is 0 Å². The maximum Gasteiger partial charge on any atom is 0.0145 e. The molecule has 0 aliphatic heterocycles.